The lowest BCUT2D eigenvalue weighted by molar-refractivity contribution is 0.0527. The molecule has 2 aromatic rings. The Balaban J connectivity index is 1.64. The lowest BCUT2D eigenvalue weighted by Crippen LogP contribution is -2.33. The minimum Gasteiger partial charge on any atom is -0.444 e. The van der Waals surface area contributed by atoms with E-state index in [4.69, 9.17) is 9.72 Å². The number of aromatic nitrogens is 3. The van der Waals surface area contributed by atoms with E-state index in [1.54, 1.807) is 11.8 Å². The fourth-order valence-electron chi connectivity index (χ4n) is 4.02. The van der Waals surface area contributed by atoms with Crippen molar-refractivity contribution < 1.29 is 9.53 Å². The fourth-order valence-corrected chi connectivity index (χ4v) is 4.38. The number of hydrogen-bond donors (Lipinski definition) is 1. The Morgan fingerprint density at radius 1 is 1.34 bits per heavy atom. The number of carbonyl (C=O) groups is 1. The van der Waals surface area contributed by atoms with Crippen LogP contribution in [0.3, 0.4) is 0 Å². The van der Waals surface area contributed by atoms with Gasteiger partial charge in [0.1, 0.15) is 5.60 Å². The van der Waals surface area contributed by atoms with Gasteiger partial charge in [0.15, 0.2) is 5.16 Å². The summed E-state index contributed by atoms with van der Waals surface area (Å²) in [6.07, 6.45) is 10.4. The average Bonchev–Trinajstić information content (AvgIpc) is 2.76. The summed E-state index contributed by atoms with van der Waals surface area (Å²) in [6, 6.07) is 4.53. The Labute approximate surface area is 195 Å². The number of alkyl carbamates (subject to hydrolysis) is 1. The number of aryl methyl sites for hydroxylation is 2. The van der Waals surface area contributed by atoms with E-state index >= 15 is 0 Å². The number of nitrogens with zero attached hydrogens (tertiary/aromatic N) is 4. The van der Waals surface area contributed by atoms with Gasteiger partial charge in [-0.15, -0.1) is 0 Å². The first-order valence-electron chi connectivity index (χ1n) is 11.3. The van der Waals surface area contributed by atoms with Crippen molar-refractivity contribution in [3.05, 3.63) is 47.0 Å². The van der Waals surface area contributed by atoms with E-state index in [9.17, 15) is 4.79 Å². The molecular formula is C24H35N5O2S. The molecule has 0 aromatic carbocycles. The average molecular weight is 458 g/mol. The van der Waals surface area contributed by atoms with Crippen LogP contribution >= 0.6 is 11.8 Å². The van der Waals surface area contributed by atoms with E-state index < -0.39 is 5.60 Å². The van der Waals surface area contributed by atoms with Crippen LogP contribution in [0.4, 0.5) is 4.79 Å². The first kappa shape index (κ1) is 24.5. The standard InChI is InChI=1S/C24H35N5O2S/c1-24(2,3)31-23(30)26-14-8-11-19-18(15-27-22(28-19)32-5)16-29(4)20-12-6-9-17-10-7-13-25-21(17)20/h7,10,13,15,20H,6,8-9,11-12,14,16H2,1-5H3,(H,26,30). The number of thioether (sulfide) groups is 1. The smallest absolute Gasteiger partial charge is 0.407 e. The first-order chi connectivity index (χ1) is 15.3. The van der Waals surface area contributed by atoms with Crippen LogP contribution in [0.5, 0.6) is 0 Å². The third-order valence-corrected chi connectivity index (χ3v) is 6.05. The van der Waals surface area contributed by atoms with Gasteiger partial charge >= 0.3 is 6.09 Å². The predicted octanol–water partition coefficient (Wildman–Crippen LogP) is 4.56. The summed E-state index contributed by atoms with van der Waals surface area (Å²) in [6.45, 7) is 6.90. The van der Waals surface area contributed by atoms with Gasteiger partial charge in [0, 0.05) is 36.7 Å². The van der Waals surface area contributed by atoms with Crippen LogP contribution in [0.25, 0.3) is 0 Å². The predicted molar refractivity (Wildman–Crippen MR) is 128 cm³/mol. The molecule has 174 valence electrons. The molecular weight excluding hydrogens is 422 g/mol. The molecule has 2 aromatic heterocycles. The molecule has 3 rings (SSSR count). The fraction of sp³-hybridized carbons (Fsp3) is 0.583. The summed E-state index contributed by atoms with van der Waals surface area (Å²) in [5.74, 6) is 0. The van der Waals surface area contributed by atoms with E-state index in [0.717, 1.165) is 48.6 Å². The zero-order chi connectivity index (χ0) is 23.1. The highest BCUT2D eigenvalue weighted by Gasteiger charge is 2.25. The van der Waals surface area contributed by atoms with Gasteiger partial charge in [-0.25, -0.2) is 14.8 Å². The summed E-state index contributed by atoms with van der Waals surface area (Å²) in [5.41, 5.74) is 4.24. The van der Waals surface area contributed by atoms with Crippen molar-refractivity contribution in [1.82, 2.24) is 25.2 Å². The van der Waals surface area contributed by atoms with Gasteiger partial charge in [-0.3, -0.25) is 9.88 Å². The van der Waals surface area contributed by atoms with Crippen molar-refractivity contribution in [3.63, 3.8) is 0 Å². The van der Waals surface area contributed by atoms with E-state index in [0.29, 0.717) is 12.6 Å². The molecule has 0 radical (unpaired) electrons. The molecule has 1 aliphatic carbocycles. The number of rotatable bonds is 8. The lowest BCUT2D eigenvalue weighted by Gasteiger charge is -2.32. The molecule has 1 atom stereocenters. The van der Waals surface area contributed by atoms with Gasteiger partial charge in [0.25, 0.3) is 0 Å². The summed E-state index contributed by atoms with van der Waals surface area (Å²) in [5, 5.41) is 3.61. The Morgan fingerprint density at radius 3 is 2.91 bits per heavy atom. The van der Waals surface area contributed by atoms with Gasteiger partial charge in [-0.1, -0.05) is 17.8 Å². The van der Waals surface area contributed by atoms with E-state index in [1.165, 1.54) is 17.7 Å². The number of carbonyl (C=O) groups excluding carboxylic acids is 1. The zero-order valence-electron chi connectivity index (χ0n) is 19.9. The van der Waals surface area contributed by atoms with Crippen LogP contribution < -0.4 is 5.32 Å². The lowest BCUT2D eigenvalue weighted by atomic mass is 9.91. The van der Waals surface area contributed by atoms with Crippen molar-refractivity contribution in [2.45, 2.75) is 76.2 Å². The third-order valence-electron chi connectivity index (χ3n) is 5.49. The van der Waals surface area contributed by atoms with Gasteiger partial charge in [-0.05, 0) is 77.8 Å². The van der Waals surface area contributed by atoms with Gasteiger partial charge in [-0.2, -0.15) is 0 Å². The Morgan fingerprint density at radius 2 is 2.16 bits per heavy atom. The molecule has 0 saturated heterocycles. The second kappa shape index (κ2) is 11.1. The molecule has 7 nitrogen and oxygen atoms in total. The Hall–Kier alpha value is -2.19. The normalized spacial score (nSPS) is 16.0. The molecule has 0 saturated carbocycles. The third kappa shape index (κ3) is 6.90. The highest BCUT2D eigenvalue weighted by molar-refractivity contribution is 7.98. The van der Waals surface area contributed by atoms with Crippen LogP contribution in [0, 0.1) is 0 Å². The van der Waals surface area contributed by atoms with E-state index in [1.807, 2.05) is 45.5 Å². The quantitative estimate of drug-likeness (QED) is 0.353. The molecule has 32 heavy (non-hydrogen) atoms. The number of pyridine rings is 1. The van der Waals surface area contributed by atoms with Crippen molar-refractivity contribution in [1.29, 1.82) is 0 Å². The molecule has 1 amide bonds. The summed E-state index contributed by atoms with van der Waals surface area (Å²) < 4.78 is 5.31. The zero-order valence-corrected chi connectivity index (χ0v) is 20.7. The number of ether oxygens (including phenoxy) is 1. The highest BCUT2D eigenvalue weighted by Crippen LogP contribution is 2.33. The van der Waals surface area contributed by atoms with Crippen LogP contribution in [-0.2, 0) is 24.1 Å². The van der Waals surface area contributed by atoms with Crippen molar-refractivity contribution in [2.75, 3.05) is 19.8 Å². The molecule has 1 unspecified atom stereocenters. The molecule has 1 aliphatic rings. The van der Waals surface area contributed by atoms with Crippen LogP contribution in [-0.4, -0.2) is 51.4 Å². The van der Waals surface area contributed by atoms with Crippen molar-refractivity contribution in [3.8, 4) is 0 Å². The molecule has 0 spiro atoms. The summed E-state index contributed by atoms with van der Waals surface area (Å²) in [7, 11) is 2.16. The van der Waals surface area contributed by atoms with Crippen molar-refractivity contribution >= 4 is 17.9 Å². The Kier molecular flexibility index (Phi) is 8.48. The topological polar surface area (TPSA) is 80.2 Å². The summed E-state index contributed by atoms with van der Waals surface area (Å²) >= 11 is 1.54. The van der Waals surface area contributed by atoms with Crippen LogP contribution in [0.2, 0.25) is 0 Å². The second-order valence-corrected chi connectivity index (χ2v) is 10.0. The largest absolute Gasteiger partial charge is 0.444 e. The molecule has 8 heteroatoms. The van der Waals surface area contributed by atoms with E-state index in [2.05, 4.69) is 33.3 Å². The monoisotopic (exact) mass is 457 g/mol. The number of nitrogens with one attached hydrogen (secondary N) is 1. The van der Waals surface area contributed by atoms with Gasteiger partial charge in [0.2, 0.25) is 0 Å². The molecule has 1 N–H and O–H groups in total. The molecule has 0 aliphatic heterocycles. The maximum absolute atomic E-state index is 11.9. The van der Waals surface area contributed by atoms with Crippen LogP contribution in [0.1, 0.15) is 68.6 Å². The minimum atomic E-state index is -0.492. The SMILES string of the molecule is CSc1ncc(CN(C)C2CCCc3cccnc32)c(CCCNC(=O)OC(C)(C)C)n1. The minimum absolute atomic E-state index is 0.307. The number of hydrogen-bond acceptors (Lipinski definition) is 7. The first-order valence-corrected chi connectivity index (χ1v) is 12.5. The van der Waals surface area contributed by atoms with Crippen LogP contribution in [0.15, 0.2) is 29.7 Å². The Bertz CT molecular complexity index is 916. The maximum atomic E-state index is 11.9. The number of amides is 1. The van der Waals surface area contributed by atoms with Crippen molar-refractivity contribution in [2.24, 2.45) is 0 Å². The van der Waals surface area contributed by atoms with Gasteiger partial charge < -0.3 is 10.1 Å². The summed E-state index contributed by atoms with van der Waals surface area (Å²) in [4.78, 5) is 28.2. The molecule has 2 heterocycles. The van der Waals surface area contributed by atoms with Gasteiger partial charge in [0.05, 0.1) is 11.7 Å². The maximum Gasteiger partial charge on any atom is 0.407 e. The molecule has 0 fully saturated rings. The van der Waals surface area contributed by atoms with E-state index in [-0.39, 0.29) is 6.09 Å². The highest BCUT2D eigenvalue weighted by atomic mass is 32.2. The number of fused-ring (bicyclic) bond motifs is 1. The second-order valence-electron chi connectivity index (χ2n) is 9.23. The molecule has 0 bridgehead atoms.